The molecule has 0 aliphatic heterocycles. The van der Waals surface area contributed by atoms with Crippen LogP contribution in [-0.2, 0) is 9.59 Å². The van der Waals surface area contributed by atoms with Crippen molar-refractivity contribution in [3.8, 4) is 23.0 Å². The minimum Gasteiger partial charge on any atom is -0.497 e. The van der Waals surface area contributed by atoms with Crippen LogP contribution in [-0.4, -0.2) is 45.2 Å². The highest BCUT2D eigenvalue weighted by Crippen LogP contribution is 2.39. The minimum absolute atomic E-state index is 0.195. The van der Waals surface area contributed by atoms with Crippen LogP contribution >= 0.6 is 23.2 Å². The molecule has 0 spiro atoms. The fraction of sp³-hybridized carbons (Fsp3) is 0.364. The molecule has 0 aliphatic carbocycles. The van der Waals surface area contributed by atoms with E-state index in [2.05, 4.69) is 15.5 Å². The third-order valence-electron chi connectivity index (χ3n) is 4.24. The Morgan fingerprint density at radius 3 is 2.21 bits per heavy atom. The Morgan fingerprint density at radius 2 is 1.64 bits per heavy atom. The van der Waals surface area contributed by atoms with Crippen LogP contribution in [0.4, 0.5) is 11.4 Å². The first-order chi connectivity index (χ1) is 15.7. The number of carbonyl (C=O) groups is 2. The molecule has 178 valence electrons. The van der Waals surface area contributed by atoms with E-state index in [0.29, 0.717) is 35.5 Å². The Hall–Kier alpha value is -3.04. The summed E-state index contributed by atoms with van der Waals surface area (Å²) in [5.41, 5.74) is 0.471. The number of nitrogens with one attached hydrogen (secondary N) is 1. The van der Waals surface area contributed by atoms with Gasteiger partial charge in [0, 0.05) is 24.3 Å². The summed E-state index contributed by atoms with van der Waals surface area (Å²) in [5.74, 6) is 0.0618. The van der Waals surface area contributed by atoms with E-state index >= 15 is 0 Å². The first-order valence-electron chi connectivity index (χ1n) is 9.98. The number of halogens is 2. The van der Waals surface area contributed by atoms with Crippen LogP contribution < -0.4 is 24.3 Å². The predicted octanol–water partition coefficient (Wildman–Crippen LogP) is 5.49. The zero-order valence-electron chi connectivity index (χ0n) is 18.9. The summed E-state index contributed by atoms with van der Waals surface area (Å²) >= 11 is 12.4. The van der Waals surface area contributed by atoms with Gasteiger partial charge < -0.3 is 24.3 Å². The number of hydrogen-bond acceptors (Lipinski definition) is 8. The molecular formula is C22H25Cl2N3O6. The Kier molecular flexibility index (Phi) is 9.74. The van der Waals surface area contributed by atoms with Crippen molar-refractivity contribution in [1.29, 1.82) is 0 Å². The van der Waals surface area contributed by atoms with E-state index in [-0.39, 0.29) is 22.1 Å². The molecule has 0 saturated carbocycles. The second kappa shape index (κ2) is 12.3. The number of ketones is 1. The van der Waals surface area contributed by atoms with E-state index in [4.69, 9.17) is 42.1 Å². The number of benzene rings is 2. The quantitative estimate of drug-likeness (QED) is 0.324. The van der Waals surface area contributed by atoms with Crippen molar-refractivity contribution in [2.45, 2.75) is 26.8 Å². The smallest absolute Gasteiger partial charge is 0.258 e. The van der Waals surface area contributed by atoms with Crippen molar-refractivity contribution in [3.05, 3.63) is 34.3 Å². The van der Waals surface area contributed by atoms with Gasteiger partial charge in [-0.05, 0) is 20.8 Å². The summed E-state index contributed by atoms with van der Waals surface area (Å²) in [6.07, 6.45) is 0. The van der Waals surface area contributed by atoms with Crippen LogP contribution in [0.5, 0.6) is 23.0 Å². The normalized spacial score (nSPS) is 11.7. The average Bonchev–Trinajstić information content (AvgIpc) is 2.76. The van der Waals surface area contributed by atoms with Gasteiger partial charge in [0.2, 0.25) is 6.04 Å². The SMILES string of the molecule is CCOc1cc(NC(=O)C(N=Nc2cc(OC)cc(Cl)c2OC)C(C)=O)c(OCC)cc1Cl. The molecule has 0 radical (unpaired) electrons. The van der Waals surface area contributed by atoms with Gasteiger partial charge in [-0.3, -0.25) is 9.59 Å². The Balaban J connectivity index is 2.38. The molecule has 0 heterocycles. The van der Waals surface area contributed by atoms with Crippen LogP contribution in [0, 0.1) is 0 Å². The number of nitrogens with zero attached hydrogens (tertiary/aromatic N) is 2. The molecule has 0 saturated heterocycles. The number of Topliss-reactive ketones (excluding diaryl/α,β-unsaturated/α-hetero) is 1. The number of hydrogen-bond donors (Lipinski definition) is 1. The van der Waals surface area contributed by atoms with E-state index in [1.54, 1.807) is 19.9 Å². The summed E-state index contributed by atoms with van der Waals surface area (Å²) in [5, 5.41) is 11.2. The van der Waals surface area contributed by atoms with Gasteiger partial charge in [-0.1, -0.05) is 23.2 Å². The lowest BCUT2D eigenvalue weighted by Gasteiger charge is -2.16. The van der Waals surface area contributed by atoms with Gasteiger partial charge in [0.25, 0.3) is 5.91 Å². The topological polar surface area (TPSA) is 108 Å². The first kappa shape index (κ1) is 26.2. The van der Waals surface area contributed by atoms with E-state index in [0.717, 1.165) is 0 Å². The van der Waals surface area contributed by atoms with Crippen LogP contribution in [0.25, 0.3) is 0 Å². The third-order valence-corrected chi connectivity index (χ3v) is 4.82. The van der Waals surface area contributed by atoms with E-state index < -0.39 is 17.7 Å². The number of methoxy groups -OCH3 is 2. The molecule has 0 aliphatic rings. The standard InChI is InChI=1S/C22H25Cl2N3O6/c1-6-32-18-11-16(19(33-7-2)10-14(18)23)25-22(29)20(12(3)28)27-26-17-9-13(30-4)8-15(24)21(17)31-5/h8-11,20H,6-7H2,1-5H3,(H,25,29). The largest absolute Gasteiger partial charge is 0.497 e. The highest BCUT2D eigenvalue weighted by molar-refractivity contribution is 6.33. The highest BCUT2D eigenvalue weighted by Gasteiger charge is 2.25. The van der Waals surface area contributed by atoms with Crippen LogP contribution in [0.3, 0.4) is 0 Å². The molecule has 11 heteroatoms. The zero-order valence-corrected chi connectivity index (χ0v) is 20.4. The molecule has 0 aromatic heterocycles. The second-order valence-electron chi connectivity index (χ2n) is 6.52. The van der Waals surface area contributed by atoms with E-state index in [1.807, 2.05) is 0 Å². The first-order valence-corrected chi connectivity index (χ1v) is 10.7. The highest BCUT2D eigenvalue weighted by atomic mass is 35.5. The van der Waals surface area contributed by atoms with Crippen molar-refractivity contribution >= 4 is 46.3 Å². The van der Waals surface area contributed by atoms with Gasteiger partial charge in [0.15, 0.2) is 11.5 Å². The Morgan fingerprint density at radius 1 is 0.970 bits per heavy atom. The fourth-order valence-corrected chi connectivity index (χ4v) is 3.25. The lowest BCUT2D eigenvalue weighted by molar-refractivity contribution is -0.126. The fourth-order valence-electron chi connectivity index (χ4n) is 2.76. The molecule has 2 aromatic carbocycles. The van der Waals surface area contributed by atoms with Crippen molar-refractivity contribution in [3.63, 3.8) is 0 Å². The Labute approximate surface area is 202 Å². The van der Waals surface area contributed by atoms with Crippen LogP contribution in [0.1, 0.15) is 20.8 Å². The van der Waals surface area contributed by atoms with Crippen LogP contribution in [0.15, 0.2) is 34.5 Å². The monoisotopic (exact) mass is 497 g/mol. The molecule has 1 unspecified atom stereocenters. The summed E-state index contributed by atoms with van der Waals surface area (Å²) in [6.45, 7) is 5.53. The molecule has 33 heavy (non-hydrogen) atoms. The second-order valence-corrected chi connectivity index (χ2v) is 7.34. The summed E-state index contributed by atoms with van der Waals surface area (Å²) in [6, 6.07) is 4.66. The molecule has 2 rings (SSSR count). The maximum Gasteiger partial charge on any atom is 0.258 e. The van der Waals surface area contributed by atoms with Crippen molar-refractivity contribution in [2.24, 2.45) is 10.2 Å². The number of azo groups is 1. The summed E-state index contributed by atoms with van der Waals surface area (Å²) in [4.78, 5) is 25.1. The molecule has 1 amide bonds. The lowest BCUT2D eigenvalue weighted by Crippen LogP contribution is -2.32. The van der Waals surface area contributed by atoms with Gasteiger partial charge >= 0.3 is 0 Å². The van der Waals surface area contributed by atoms with Crippen molar-refractivity contribution < 1.29 is 28.5 Å². The maximum atomic E-state index is 12.9. The van der Waals surface area contributed by atoms with E-state index in [1.165, 1.54) is 39.3 Å². The average molecular weight is 498 g/mol. The summed E-state index contributed by atoms with van der Waals surface area (Å²) < 4.78 is 21.4. The van der Waals surface area contributed by atoms with Crippen molar-refractivity contribution in [2.75, 3.05) is 32.8 Å². The van der Waals surface area contributed by atoms with Gasteiger partial charge in [0.1, 0.15) is 22.9 Å². The number of carbonyl (C=O) groups excluding carboxylic acids is 2. The molecule has 0 bridgehead atoms. The lowest BCUT2D eigenvalue weighted by atomic mass is 10.2. The minimum atomic E-state index is -1.44. The number of rotatable bonds is 11. The van der Waals surface area contributed by atoms with Gasteiger partial charge in [-0.2, -0.15) is 10.2 Å². The number of amides is 1. The molecule has 1 atom stereocenters. The molecule has 0 fully saturated rings. The van der Waals surface area contributed by atoms with Gasteiger partial charge in [-0.15, -0.1) is 0 Å². The predicted molar refractivity (Wildman–Crippen MR) is 126 cm³/mol. The number of anilines is 1. The van der Waals surface area contributed by atoms with Gasteiger partial charge in [0.05, 0.1) is 43.2 Å². The maximum absolute atomic E-state index is 12.9. The van der Waals surface area contributed by atoms with E-state index in [9.17, 15) is 9.59 Å². The molecule has 2 aromatic rings. The zero-order chi connectivity index (χ0) is 24.5. The Bertz CT molecular complexity index is 1050. The summed E-state index contributed by atoms with van der Waals surface area (Å²) in [7, 11) is 2.87. The molecule has 1 N–H and O–H groups in total. The van der Waals surface area contributed by atoms with Crippen molar-refractivity contribution in [1.82, 2.24) is 0 Å². The third kappa shape index (κ3) is 6.72. The molecular weight excluding hydrogens is 473 g/mol. The molecule has 9 nitrogen and oxygen atoms in total. The number of ether oxygens (including phenoxy) is 4. The van der Waals surface area contributed by atoms with Gasteiger partial charge in [-0.25, -0.2) is 0 Å². The van der Waals surface area contributed by atoms with Crippen LogP contribution in [0.2, 0.25) is 10.0 Å².